The number of nitrogens with one attached hydrogen (secondary N) is 2. The number of hydrogen-bond acceptors (Lipinski definition) is 4. The van der Waals surface area contributed by atoms with Crippen LogP contribution in [0.2, 0.25) is 0 Å². The lowest BCUT2D eigenvalue weighted by Crippen LogP contribution is -2.61. The molecule has 3 N–H and O–H groups in total. The van der Waals surface area contributed by atoms with Crippen molar-refractivity contribution in [3.8, 4) is 0 Å². The normalized spacial score (nSPS) is 23.4. The van der Waals surface area contributed by atoms with Gasteiger partial charge in [-0.25, -0.2) is 9.18 Å². The second kappa shape index (κ2) is 5.06. The van der Waals surface area contributed by atoms with Gasteiger partial charge in [0, 0.05) is 36.8 Å². The molecule has 2 aromatic rings. The van der Waals surface area contributed by atoms with E-state index in [9.17, 15) is 14.0 Å². The van der Waals surface area contributed by atoms with Gasteiger partial charge in [0.15, 0.2) is 0 Å². The minimum atomic E-state index is -1.32. The number of carbonyl (C=O) groups is 1. The minimum Gasteiger partial charge on any atom is -0.477 e. The summed E-state index contributed by atoms with van der Waals surface area (Å²) in [6, 6.07) is 3.37. The van der Waals surface area contributed by atoms with E-state index >= 15 is 0 Å². The maximum absolute atomic E-state index is 14.6. The lowest BCUT2D eigenvalue weighted by Gasteiger charge is -2.47. The second-order valence-corrected chi connectivity index (χ2v) is 6.17. The molecular formula is C16H16FN3O3. The highest BCUT2D eigenvalue weighted by Crippen LogP contribution is 2.31. The lowest BCUT2D eigenvalue weighted by molar-refractivity contribution is 0.0695. The number of halogens is 1. The number of anilines is 1. The van der Waals surface area contributed by atoms with E-state index in [0.29, 0.717) is 17.2 Å². The summed E-state index contributed by atoms with van der Waals surface area (Å²) in [6.45, 7) is 1.57. The van der Waals surface area contributed by atoms with Gasteiger partial charge in [0.1, 0.15) is 11.4 Å². The molecule has 3 aliphatic heterocycles. The molecule has 0 aliphatic carbocycles. The van der Waals surface area contributed by atoms with Crippen LogP contribution in [0.25, 0.3) is 10.9 Å². The molecule has 1 aromatic carbocycles. The van der Waals surface area contributed by atoms with E-state index < -0.39 is 17.2 Å². The predicted octanol–water partition coefficient (Wildman–Crippen LogP) is 1.31. The van der Waals surface area contributed by atoms with Gasteiger partial charge < -0.3 is 20.3 Å². The number of rotatable bonds is 2. The van der Waals surface area contributed by atoms with Crippen LogP contribution in [0, 0.1) is 5.82 Å². The smallest absolute Gasteiger partial charge is 0.341 e. The first-order valence-corrected chi connectivity index (χ1v) is 7.63. The number of carboxylic acid groups (broad SMARTS) is 1. The fraction of sp³-hybridized carbons (Fsp3) is 0.375. The average Bonchev–Trinajstić information content (AvgIpc) is 2.56. The Bertz CT molecular complexity index is 856. The number of fused-ring (bicyclic) bond motifs is 4. The zero-order chi connectivity index (χ0) is 16.1. The summed E-state index contributed by atoms with van der Waals surface area (Å²) in [7, 11) is 0. The van der Waals surface area contributed by atoms with Crippen LogP contribution in [0.3, 0.4) is 0 Å². The number of aromatic amines is 1. The zero-order valence-electron chi connectivity index (χ0n) is 12.3. The number of piperidine rings is 2. The Morgan fingerprint density at radius 3 is 2.78 bits per heavy atom. The average molecular weight is 317 g/mol. The van der Waals surface area contributed by atoms with E-state index in [1.54, 1.807) is 6.07 Å². The van der Waals surface area contributed by atoms with E-state index in [-0.39, 0.29) is 17.0 Å². The number of hydrogen-bond donors (Lipinski definition) is 3. The number of nitrogens with zero attached hydrogens (tertiary/aromatic N) is 1. The topological polar surface area (TPSA) is 85.4 Å². The van der Waals surface area contributed by atoms with Gasteiger partial charge in [-0.2, -0.15) is 0 Å². The molecule has 2 bridgehead atoms. The largest absolute Gasteiger partial charge is 0.477 e. The third kappa shape index (κ3) is 2.19. The SMILES string of the molecule is O=C(O)c1c[nH]c2cc(N3CC4CCC3CN4)c(F)cc2c1=O. The van der Waals surface area contributed by atoms with Crippen LogP contribution in [-0.2, 0) is 0 Å². The molecule has 3 fully saturated rings. The molecule has 3 saturated heterocycles. The van der Waals surface area contributed by atoms with Gasteiger partial charge in [-0.1, -0.05) is 0 Å². The highest BCUT2D eigenvalue weighted by Gasteiger charge is 2.34. The van der Waals surface area contributed by atoms with Gasteiger partial charge in [-0.05, 0) is 25.0 Å². The van der Waals surface area contributed by atoms with Crippen LogP contribution in [0.15, 0.2) is 23.1 Å². The van der Waals surface area contributed by atoms with Crippen LogP contribution < -0.4 is 15.6 Å². The first kappa shape index (κ1) is 14.2. The molecule has 0 saturated carbocycles. The second-order valence-electron chi connectivity index (χ2n) is 6.17. The van der Waals surface area contributed by atoms with Crippen molar-refractivity contribution in [2.45, 2.75) is 24.9 Å². The minimum absolute atomic E-state index is 0.0615. The summed E-state index contributed by atoms with van der Waals surface area (Å²) in [6.07, 6.45) is 3.28. The van der Waals surface area contributed by atoms with Crippen molar-refractivity contribution in [3.63, 3.8) is 0 Å². The number of benzene rings is 1. The van der Waals surface area contributed by atoms with E-state index in [2.05, 4.69) is 10.3 Å². The summed E-state index contributed by atoms with van der Waals surface area (Å²) in [4.78, 5) is 28.0. The predicted molar refractivity (Wildman–Crippen MR) is 83.6 cm³/mol. The highest BCUT2D eigenvalue weighted by atomic mass is 19.1. The fourth-order valence-electron chi connectivity index (χ4n) is 3.61. The summed E-state index contributed by atoms with van der Waals surface area (Å²) in [5.41, 5.74) is -0.136. The van der Waals surface area contributed by atoms with E-state index in [1.807, 2.05) is 4.90 Å². The number of aromatic carboxylic acids is 1. The first-order chi connectivity index (χ1) is 11.0. The quantitative estimate of drug-likeness (QED) is 0.777. The molecule has 3 aliphatic rings. The highest BCUT2D eigenvalue weighted by molar-refractivity contribution is 5.93. The first-order valence-electron chi connectivity index (χ1n) is 7.63. The fourth-order valence-corrected chi connectivity index (χ4v) is 3.61. The molecule has 0 spiro atoms. The standard InChI is InChI=1S/C16H16FN3O3/c17-12-3-10-13(19-6-11(15(10)21)16(22)23)4-14(12)20-7-8-1-2-9(20)5-18-8/h3-4,6,8-9,18H,1-2,5,7H2,(H,19,21)(H,22,23). The molecule has 2 unspecified atom stereocenters. The van der Waals surface area contributed by atoms with Crippen molar-refractivity contribution in [2.75, 3.05) is 18.0 Å². The van der Waals surface area contributed by atoms with Crippen molar-refractivity contribution in [1.82, 2.24) is 10.3 Å². The Hall–Kier alpha value is -2.41. The van der Waals surface area contributed by atoms with Crippen molar-refractivity contribution < 1.29 is 14.3 Å². The monoisotopic (exact) mass is 317 g/mol. The Labute approximate surface area is 130 Å². The van der Waals surface area contributed by atoms with Crippen LogP contribution >= 0.6 is 0 Å². The number of aromatic nitrogens is 1. The molecule has 7 heteroatoms. The Morgan fingerprint density at radius 2 is 2.17 bits per heavy atom. The third-order valence-corrected chi connectivity index (χ3v) is 4.84. The number of H-pyrrole nitrogens is 1. The van der Waals surface area contributed by atoms with E-state index in [4.69, 9.17) is 5.11 Å². The number of piperazine rings is 1. The van der Waals surface area contributed by atoms with Gasteiger partial charge in [-0.3, -0.25) is 4.79 Å². The maximum atomic E-state index is 14.6. The molecule has 1 aromatic heterocycles. The maximum Gasteiger partial charge on any atom is 0.341 e. The molecule has 0 radical (unpaired) electrons. The Morgan fingerprint density at radius 1 is 1.35 bits per heavy atom. The summed E-state index contributed by atoms with van der Waals surface area (Å²) in [5, 5.41) is 12.5. The summed E-state index contributed by atoms with van der Waals surface area (Å²) >= 11 is 0. The van der Waals surface area contributed by atoms with Crippen molar-refractivity contribution in [1.29, 1.82) is 0 Å². The molecule has 23 heavy (non-hydrogen) atoms. The number of pyridine rings is 1. The van der Waals surface area contributed by atoms with Crippen molar-refractivity contribution in [3.05, 3.63) is 39.9 Å². The summed E-state index contributed by atoms with van der Waals surface area (Å²) < 4.78 is 14.6. The van der Waals surface area contributed by atoms with Crippen LogP contribution in [0.1, 0.15) is 23.2 Å². The Balaban J connectivity index is 1.83. The molecule has 0 amide bonds. The molecule has 4 heterocycles. The van der Waals surface area contributed by atoms with Gasteiger partial charge in [0.2, 0.25) is 5.43 Å². The number of carboxylic acids is 1. The van der Waals surface area contributed by atoms with Crippen LogP contribution in [0.5, 0.6) is 0 Å². The van der Waals surface area contributed by atoms with Crippen LogP contribution in [0.4, 0.5) is 10.1 Å². The van der Waals surface area contributed by atoms with Gasteiger partial charge in [0.05, 0.1) is 11.2 Å². The Kier molecular flexibility index (Phi) is 3.12. The lowest BCUT2D eigenvalue weighted by atomic mass is 9.92. The molecular weight excluding hydrogens is 301 g/mol. The van der Waals surface area contributed by atoms with E-state index in [1.165, 1.54) is 6.20 Å². The third-order valence-electron chi connectivity index (χ3n) is 4.84. The van der Waals surface area contributed by atoms with Gasteiger partial charge >= 0.3 is 5.97 Å². The molecule has 120 valence electrons. The van der Waals surface area contributed by atoms with E-state index in [0.717, 1.165) is 32.0 Å². The molecule has 6 nitrogen and oxygen atoms in total. The van der Waals surface area contributed by atoms with Crippen molar-refractivity contribution in [2.24, 2.45) is 0 Å². The van der Waals surface area contributed by atoms with Gasteiger partial charge in [0.25, 0.3) is 0 Å². The van der Waals surface area contributed by atoms with Gasteiger partial charge in [-0.15, -0.1) is 0 Å². The zero-order valence-corrected chi connectivity index (χ0v) is 12.3. The molecule has 2 atom stereocenters. The van der Waals surface area contributed by atoms with Crippen molar-refractivity contribution >= 4 is 22.6 Å². The molecule has 5 rings (SSSR count). The summed E-state index contributed by atoms with van der Waals surface area (Å²) in [5.74, 6) is -1.81. The van der Waals surface area contributed by atoms with Crippen LogP contribution in [-0.4, -0.2) is 41.2 Å².